The van der Waals surface area contributed by atoms with Gasteiger partial charge in [-0.1, -0.05) is 40.2 Å². The van der Waals surface area contributed by atoms with Gasteiger partial charge in [-0.25, -0.2) is 4.79 Å². The number of anilines is 2. The van der Waals surface area contributed by atoms with Crippen LogP contribution in [0.15, 0.2) is 62.1 Å². The maximum atomic E-state index is 13.7. The van der Waals surface area contributed by atoms with Crippen LogP contribution in [0.1, 0.15) is 27.0 Å². The first-order valence-electron chi connectivity index (χ1n) is 9.47. The Balaban J connectivity index is 1.85. The van der Waals surface area contributed by atoms with Crippen molar-refractivity contribution in [2.45, 2.75) is 5.41 Å². The lowest BCUT2D eigenvalue weighted by molar-refractivity contribution is -0.118. The van der Waals surface area contributed by atoms with E-state index in [0.29, 0.717) is 32.5 Å². The van der Waals surface area contributed by atoms with Gasteiger partial charge in [-0.2, -0.15) is 0 Å². The van der Waals surface area contributed by atoms with Crippen LogP contribution in [0.2, 0.25) is 0 Å². The van der Waals surface area contributed by atoms with Crippen LogP contribution in [0.5, 0.6) is 0 Å². The summed E-state index contributed by atoms with van der Waals surface area (Å²) in [5.74, 6) is -0.666. The number of hydrogen-bond acceptors (Lipinski definition) is 5. The first-order chi connectivity index (χ1) is 14.9. The number of nitrogens with zero attached hydrogens (tertiary/aromatic N) is 1. The molecule has 1 spiro atoms. The van der Waals surface area contributed by atoms with Gasteiger partial charge in [0.05, 0.1) is 11.3 Å². The maximum absolute atomic E-state index is 13.7. The molecule has 3 N–H and O–H groups in total. The first kappa shape index (κ1) is 18.1. The number of benzene rings is 2. The lowest BCUT2D eigenvalue weighted by atomic mass is 9.67. The largest absolute Gasteiger partial charge is 0.340 e. The number of H-pyrrole nitrogens is 1. The van der Waals surface area contributed by atoms with Gasteiger partial charge in [0.1, 0.15) is 11.2 Å². The van der Waals surface area contributed by atoms with E-state index in [1.165, 1.54) is 11.6 Å². The zero-order chi connectivity index (χ0) is 21.7. The minimum absolute atomic E-state index is 0.0175. The van der Waals surface area contributed by atoms with E-state index in [-0.39, 0.29) is 22.7 Å². The number of hydrogen-bond donors (Lipinski definition) is 3. The third kappa shape index (κ3) is 1.99. The van der Waals surface area contributed by atoms with Gasteiger partial charge in [-0.05, 0) is 18.2 Å². The van der Waals surface area contributed by atoms with Crippen LogP contribution in [0, 0.1) is 0 Å². The van der Waals surface area contributed by atoms with E-state index in [1.807, 2.05) is 0 Å². The number of aromatic nitrogens is 2. The number of fused-ring (bicyclic) bond motifs is 7. The molecule has 152 valence electrons. The van der Waals surface area contributed by atoms with Gasteiger partial charge in [-0.15, -0.1) is 0 Å². The van der Waals surface area contributed by atoms with Gasteiger partial charge in [0, 0.05) is 39.5 Å². The molecule has 1 atom stereocenters. The predicted octanol–water partition coefficient (Wildman–Crippen LogP) is 2.11. The molecular formula is C22H13BrN4O4. The Morgan fingerprint density at radius 3 is 2.48 bits per heavy atom. The summed E-state index contributed by atoms with van der Waals surface area (Å²) in [7, 11) is 1.50. The third-order valence-corrected chi connectivity index (χ3v) is 6.70. The van der Waals surface area contributed by atoms with Gasteiger partial charge in [0.15, 0.2) is 5.78 Å². The molecule has 1 amide bonds. The van der Waals surface area contributed by atoms with E-state index >= 15 is 0 Å². The number of amides is 1. The maximum Gasteiger partial charge on any atom is 0.329 e. The average Bonchev–Trinajstić information content (AvgIpc) is 3.19. The second-order valence-corrected chi connectivity index (χ2v) is 8.60. The number of nitrogens with one attached hydrogen (secondary N) is 3. The quantitative estimate of drug-likeness (QED) is 0.459. The van der Waals surface area contributed by atoms with Gasteiger partial charge in [0.2, 0.25) is 5.91 Å². The van der Waals surface area contributed by atoms with Crippen LogP contribution in [0.4, 0.5) is 11.5 Å². The molecule has 1 unspecified atom stereocenters. The average molecular weight is 477 g/mol. The summed E-state index contributed by atoms with van der Waals surface area (Å²) in [6.07, 6.45) is 0. The van der Waals surface area contributed by atoms with E-state index in [9.17, 15) is 19.2 Å². The van der Waals surface area contributed by atoms with E-state index < -0.39 is 22.6 Å². The highest BCUT2D eigenvalue weighted by molar-refractivity contribution is 9.10. The molecular weight excluding hydrogens is 464 g/mol. The van der Waals surface area contributed by atoms with Gasteiger partial charge < -0.3 is 10.6 Å². The zero-order valence-electron chi connectivity index (χ0n) is 16.0. The lowest BCUT2D eigenvalue weighted by Gasteiger charge is -2.35. The molecule has 3 aliphatic rings. The van der Waals surface area contributed by atoms with Crippen molar-refractivity contribution < 1.29 is 9.59 Å². The predicted molar refractivity (Wildman–Crippen MR) is 117 cm³/mol. The van der Waals surface area contributed by atoms with Crippen LogP contribution in [-0.2, 0) is 17.3 Å². The van der Waals surface area contributed by atoms with Crippen LogP contribution in [-0.4, -0.2) is 21.2 Å². The molecule has 0 saturated heterocycles. The summed E-state index contributed by atoms with van der Waals surface area (Å²) in [6, 6.07) is 12.2. The highest BCUT2D eigenvalue weighted by Crippen LogP contribution is 2.56. The van der Waals surface area contributed by atoms with Crippen molar-refractivity contribution in [1.82, 2.24) is 9.55 Å². The van der Waals surface area contributed by atoms with Crippen molar-refractivity contribution in [3.05, 3.63) is 95.6 Å². The fourth-order valence-corrected chi connectivity index (χ4v) is 5.26. The normalized spacial score (nSPS) is 20.2. The molecule has 0 fully saturated rings. The number of halogens is 1. The fraction of sp³-hybridized carbons (Fsp3) is 0.0909. The Morgan fingerprint density at radius 1 is 0.968 bits per heavy atom. The molecule has 3 aromatic rings. The van der Waals surface area contributed by atoms with E-state index in [2.05, 4.69) is 31.5 Å². The Morgan fingerprint density at radius 2 is 1.71 bits per heavy atom. The summed E-state index contributed by atoms with van der Waals surface area (Å²) in [4.78, 5) is 55.2. The summed E-state index contributed by atoms with van der Waals surface area (Å²) in [5.41, 5.74) is -0.381. The number of aromatic amines is 1. The SMILES string of the molecule is Cn1c2c(c(=O)[nH]c1=O)C1(C(=O)Nc3ccc(Br)cc31)C1=C(N2)c2ccccc2C1=O. The van der Waals surface area contributed by atoms with Crippen molar-refractivity contribution in [2.75, 3.05) is 10.6 Å². The third-order valence-electron chi connectivity index (χ3n) is 6.21. The van der Waals surface area contributed by atoms with Crippen molar-refractivity contribution in [1.29, 1.82) is 0 Å². The Hall–Kier alpha value is -3.72. The fourth-order valence-electron chi connectivity index (χ4n) is 4.90. The van der Waals surface area contributed by atoms with Crippen LogP contribution in [0.25, 0.3) is 5.70 Å². The van der Waals surface area contributed by atoms with Crippen molar-refractivity contribution in [2.24, 2.45) is 7.05 Å². The second kappa shape index (κ2) is 5.70. The molecule has 0 bridgehead atoms. The number of carbonyl (C=O) groups excluding carboxylic acids is 2. The minimum Gasteiger partial charge on any atom is -0.340 e. The van der Waals surface area contributed by atoms with Crippen molar-refractivity contribution in [3.63, 3.8) is 0 Å². The molecule has 8 nitrogen and oxygen atoms in total. The molecule has 1 aliphatic carbocycles. The topological polar surface area (TPSA) is 113 Å². The molecule has 2 aromatic carbocycles. The first-order valence-corrected chi connectivity index (χ1v) is 10.3. The smallest absolute Gasteiger partial charge is 0.329 e. The van der Waals surface area contributed by atoms with E-state index in [1.54, 1.807) is 42.5 Å². The molecule has 0 radical (unpaired) electrons. The summed E-state index contributed by atoms with van der Waals surface area (Å²) in [6.45, 7) is 0. The minimum atomic E-state index is -1.70. The number of ketones is 1. The van der Waals surface area contributed by atoms with Gasteiger partial charge in [0.25, 0.3) is 5.56 Å². The van der Waals surface area contributed by atoms with Crippen LogP contribution in [0.3, 0.4) is 0 Å². The van der Waals surface area contributed by atoms with Crippen LogP contribution < -0.4 is 21.9 Å². The van der Waals surface area contributed by atoms with E-state index in [0.717, 1.165) is 0 Å². The lowest BCUT2D eigenvalue weighted by Crippen LogP contribution is -2.49. The number of Topliss-reactive ketones (excluding diaryl/α,β-unsaturated/α-hetero) is 1. The Kier molecular flexibility index (Phi) is 3.32. The summed E-state index contributed by atoms with van der Waals surface area (Å²) >= 11 is 3.44. The molecule has 2 aliphatic heterocycles. The highest BCUT2D eigenvalue weighted by Gasteiger charge is 2.61. The Bertz CT molecular complexity index is 1550. The second-order valence-electron chi connectivity index (χ2n) is 7.69. The summed E-state index contributed by atoms with van der Waals surface area (Å²) < 4.78 is 1.94. The monoisotopic (exact) mass is 476 g/mol. The Labute approximate surface area is 182 Å². The molecule has 6 rings (SSSR count). The molecule has 9 heteroatoms. The standard InChI is InChI=1S/C22H13BrN4O4/c1-27-18-15(19(29)26-21(27)31)22(12-8-9(23)6-7-13(12)24-20(22)30)14-16(25-18)10-4-2-3-5-11(10)17(14)28/h2-8,25H,1H3,(H,24,30)(H,26,29,31). The zero-order valence-corrected chi connectivity index (χ0v) is 17.6. The molecule has 0 saturated carbocycles. The highest BCUT2D eigenvalue weighted by atomic mass is 79.9. The van der Waals surface area contributed by atoms with E-state index in [4.69, 9.17) is 0 Å². The van der Waals surface area contributed by atoms with Gasteiger partial charge in [-0.3, -0.25) is 23.9 Å². The van der Waals surface area contributed by atoms with Crippen molar-refractivity contribution in [3.8, 4) is 0 Å². The molecule has 3 heterocycles. The molecule has 1 aromatic heterocycles. The van der Waals surface area contributed by atoms with Gasteiger partial charge >= 0.3 is 5.69 Å². The summed E-state index contributed by atoms with van der Waals surface area (Å²) in [5, 5.41) is 5.96. The number of rotatable bonds is 0. The number of carbonyl (C=O) groups is 2. The van der Waals surface area contributed by atoms with Crippen molar-refractivity contribution >= 4 is 44.8 Å². The van der Waals surface area contributed by atoms with Crippen LogP contribution >= 0.6 is 15.9 Å². The molecule has 31 heavy (non-hydrogen) atoms.